The van der Waals surface area contributed by atoms with Crippen molar-refractivity contribution in [2.24, 2.45) is 5.92 Å². The summed E-state index contributed by atoms with van der Waals surface area (Å²) in [5, 5.41) is 11.7. The van der Waals surface area contributed by atoms with Gasteiger partial charge < -0.3 is 20.1 Å². The van der Waals surface area contributed by atoms with Crippen LogP contribution in [0, 0.1) is 5.92 Å². The van der Waals surface area contributed by atoms with Crippen LogP contribution in [0.2, 0.25) is 0 Å². The summed E-state index contributed by atoms with van der Waals surface area (Å²) in [7, 11) is 0. The molecule has 1 aliphatic heterocycles. The van der Waals surface area contributed by atoms with E-state index < -0.39 is 11.7 Å². The first kappa shape index (κ1) is 18.1. The predicted octanol–water partition coefficient (Wildman–Crippen LogP) is 3.12. The number of benzene rings is 1. The first-order valence-corrected chi connectivity index (χ1v) is 8.26. The van der Waals surface area contributed by atoms with Gasteiger partial charge in [0, 0.05) is 19.1 Å². The molecule has 1 aromatic rings. The molecule has 24 heavy (non-hydrogen) atoms. The molecule has 0 radical (unpaired) electrons. The number of hydrogen-bond donors (Lipinski definition) is 2. The number of carboxylic acid groups (broad SMARTS) is 1. The number of nitrogens with zero attached hydrogens (tertiary/aromatic N) is 1. The third kappa shape index (κ3) is 5.44. The van der Waals surface area contributed by atoms with Crippen LogP contribution in [0.3, 0.4) is 0 Å². The van der Waals surface area contributed by atoms with Gasteiger partial charge in [0.25, 0.3) is 0 Å². The van der Waals surface area contributed by atoms with Gasteiger partial charge in [-0.1, -0.05) is 30.3 Å². The van der Waals surface area contributed by atoms with Gasteiger partial charge in [-0.25, -0.2) is 9.59 Å². The lowest BCUT2D eigenvalue weighted by Gasteiger charge is -2.26. The normalized spacial score (nSPS) is 19.0. The molecule has 1 fully saturated rings. The number of carbonyl (C=O) groups is 2. The van der Waals surface area contributed by atoms with Gasteiger partial charge in [-0.2, -0.15) is 0 Å². The fourth-order valence-electron chi connectivity index (χ4n) is 2.97. The molecule has 2 amide bonds. The number of likely N-dealkylation sites (tertiary alicyclic amines) is 1. The summed E-state index contributed by atoms with van der Waals surface area (Å²) in [6.07, 6.45) is 0.00204. The van der Waals surface area contributed by atoms with Crippen molar-refractivity contribution in [3.05, 3.63) is 35.9 Å². The average Bonchev–Trinajstić information content (AvgIpc) is 2.95. The summed E-state index contributed by atoms with van der Waals surface area (Å²) in [5.74, 6) is 0.0776. The maximum atomic E-state index is 12.2. The lowest BCUT2D eigenvalue weighted by Crippen LogP contribution is -2.43. The van der Waals surface area contributed by atoms with Crippen LogP contribution in [0.4, 0.5) is 9.59 Å². The van der Waals surface area contributed by atoms with Crippen molar-refractivity contribution in [1.29, 1.82) is 0 Å². The molecule has 1 aliphatic rings. The maximum absolute atomic E-state index is 12.2. The lowest BCUT2D eigenvalue weighted by molar-refractivity contribution is 0.0286. The molecule has 1 aromatic carbocycles. The Kier molecular flexibility index (Phi) is 5.70. The van der Waals surface area contributed by atoms with E-state index in [0.717, 1.165) is 12.0 Å². The quantitative estimate of drug-likeness (QED) is 0.887. The number of carbonyl (C=O) groups excluding carboxylic acids is 1. The summed E-state index contributed by atoms with van der Waals surface area (Å²) < 4.78 is 5.40. The second-order valence-electron chi connectivity index (χ2n) is 7.22. The van der Waals surface area contributed by atoms with E-state index in [1.54, 1.807) is 4.90 Å². The van der Waals surface area contributed by atoms with Crippen LogP contribution < -0.4 is 5.32 Å². The lowest BCUT2D eigenvalue weighted by atomic mass is 9.93. The molecule has 0 spiro atoms. The summed E-state index contributed by atoms with van der Waals surface area (Å²) in [6, 6.07) is 9.55. The van der Waals surface area contributed by atoms with E-state index in [-0.39, 0.29) is 18.1 Å². The van der Waals surface area contributed by atoms with Crippen LogP contribution in [0.1, 0.15) is 32.8 Å². The van der Waals surface area contributed by atoms with Gasteiger partial charge in [-0.15, -0.1) is 0 Å². The number of ether oxygens (including phenoxy) is 1. The third-order valence-electron chi connectivity index (χ3n) is 4.05. The van der Waals surface area contributed by atoms with E-state index >= 15 is 0 Å². The smallest absolute Gasteiger partial charge is 0.410 e. The monoisotopic (exact) mass is 334 g/mol. The second-order valence-corrected chi connectivity index (χ2v) is 7.22. The summed E-state index contributed by atoms with van der Waals surface area (Å²) in [4.78, 5) is 25.0. The van der Waals surface area contributed by atoms with E-state index in [0.29, 0.717) is 19.5 Å². The highest BCUT2D eigenvalue weighted by molar-refractivity contribution is 5.68. The van der Waals surface area contributed by atoms with Gasteiger partial charge in [0.2, 0.25) is 0 Å². The molecule has 2 N–H and O–H groups in total. The van der Waals surface area contributed by atoms with E-state index in [1.165, 1.54) is 0 Å². The zero-order valence-corrected chi connectivity index (χ0v) is 14.5. The van der Waals surface area contributed by atoms with Crippen LogP contribution in [0.5, 0.6) is 0 Å². The van der Waals surface area contributed by atoms with Gasteiger partial charge >= 0.3 is 12.2 Å². The van der Waals surface area contributed by atoms with Crippen LogP contribution >= 0.6 is 0 Å². The molecule has 1 heterocycles. The molecule has 1 unspecified atom stereocenters. The number of amides is 2. The topological polar surface area (TPSA) is 78.9 Å². The Balaban J connectivity index is 2.00. The number of hydrogen-bond acceptors (Lipinski definition) is 3. The minimum absolute atomic E-state index is 0.0776. The average molecular weight is 334 g/mol. The standard InChI is InChI=1S/C18H26N2O4/c1-18(2,3)24-17(23)20-10-9-14(12-20)15(19-16(21)22)11-13-7-5-4-6-8-13/h4-8,14-15,19H,9-12H2,1-3H3,(H,21,22)/t14-,15?/m0/s1. The van der Waals surface area contributed by atoms with E-state index in [1.807, 2.05) is 51.1 Å². The Hall–Kier alpha value is -2.24. The Morgan fingerprint density at radius 3 is 2.58 bits per heavy atom. The van der Waals surface area contributed by atoms with Crippen LogP contribution in [-0.4, -0.2) is 46.9 Å². The minimum Gasteiger partial charge on any atom is -0.465 e. The van der Waals surface area contributed by atoms with Gasteiger partial charge in [0.1, 0.15) is 5.60 Å². The van der Waals surface area contributed by atoms with Crippen LogP contribution in [0.15, 0.2) is 30.3 Å². The molecular weight excluding hydrogens is 308 g/mol. The number of nitrogens with one attached hydrogen (secondary N) is 1. The Bertz CT molecular complexity index is 568. The van der Waals surface area contributed by atoms with Gasteiger partial charge in [0.05, 0.1) is 0 Å². The van der Waals surface area contributed by atoms with Crippen molar-refractivity contribution >= 4 is 12.2 Å². The van der Waals surface area contributed by atoms with E-state index in [9.17, 15) is 9.59 Å². The zero-order valence-electron chi connectivity index (χ0n) is 14.5. The summed E-state index contributed by atoms with van der Waals surface area (Å²) >= 11 is 0. The second kappa shape index (κ2) is 7.55. The van der Waals surface area contributed by atoms with Crippen molar-refractivity contribution in [1.82, 2.24) is 10.2 Å². The molecule has 0 aliphatic carbocycles. The third-order valence-corrected chi connectivity index (χ3v) is 4.05. The number of rotatable bonds is 4. The summed E-state index contributed by atoms with van der Waals surface area (Å²) in [6.45, 7) is 6.60. The molecule has 2 atom stereocenters. The molecule has 2 rings (SSSR count). The van der Waals surface area contributed by atoms with E-state index in [2.05, 4.69) is 5.32 Å². The molecule has 6 heteroatoms. The van der Waals surface area contributed by atoms with Gasteiger partial charge in [-0.3, -0.25) is 0 Å². The van der Waals surface area contributed by atoms with Crippen molar-refractivity contribution in [2.75, 3.05) is 13.1 Å². The molecule has 1 saturated heterocycles. The highest BCUT2D eigenvalue weighted by atomic mass is 16.6. The zero-order chi connectivity index (χ0) is 17.7. The van der Waals surface area contributed by atoms with Crippen molar-refractivity contribution < 1.29 is 19.4 Å². The Morgan fingerprint density at radius 1 is 1.33 bits per heavy atom. The van der Waals surface area contributed by atoms with Crippen LogP contribution in [0.25, 0.3) is 0 Å². The highest BCUT2D eigenvalue weighted by Crippen LogP contribution is 2.24. The van der Waals surface area contributed by atoms with Crippen molar-refractivity contribution in [3.63, 3.8) is 0 Å². The van der Waals surface area contributed by atoms with Crippen molar-refractivity contribution in [2.45, 2.75) is 45.3 Å². The fourth-order valence-corrected chi connectivity index (χ4v) is 2.97. The molecule has 0 bridgehead atoms. The molecule has 0 aromatic heterocycles. The summed E-state index contributed by atoms with van der Waals surface area (Å²) in [5.41, 5.74) is 0.546. The van der Waals surface area contributed by atoms with E-state index in [4.69, 9.17) is 9.84 Å². The highest BCUT2D eigenvalue weighted by Gasteiger charge is 2.34. The fraction of sp³-hybridized carbons (Fsp3) is 0.556. The SMILES string of the molecule is CC(C)(C)OC(=O)N1CC[C@H](C(Cc2ccccc2)NC(=O)O)C1. The van der Waals surface area contributed by atoms with Crippen LogP contribution in [-0.2, 0) is 11.2 Å². The molecule has 132 valence electrons. The van der Waals surface area contributed by atoms with Crippen molar-refractivity contribution in [3.8, 4) is 0 Å². The predicted molar refractivity (Wildman–Crippen MR) is 91.0 cm³/mol. The first-order valence-electron chi connectivity index (χ1n) is 8.26. The molecule has 0 saturated carbocycles. The Morgan fingerprint density at radius 2 is 2.00 bits per heavy atom. The minimum atomic E-state index is -1.04. The molecule has 6 nitrogen and oxygen atoms in total. The maximum Gasteiger partial charge on any atom is 0.410 e. The first-order chi connectivity index (χ1) is 11.2. The van der Waals surface area contributed by atoms with Gasteiger partial charge in [-0.05, 0) is 45.1 Å². The van der Waals surface area contributed by atoms with Gasteiger partial charge in [0.15, 0.2) is 0 Å². The largest absolute Gasteiger partial charge is 0.465 e. The Labute approximate surface area is 142 Å². The molecular formula is C18H26N2O4.